The average Bonchev–Trinajstić information content (AvgIpc) is 3.32. The molecule has 1 aromatic heterocycles. The number of aliphatic carboxylic acids is 1. The number of amides is 1. The van der Waals surface area contributed by atoms with Crippen molar-refractivity contribution in [2.24, 2.45) is 0 Å². The minimum Gasteiger partial charge on any atom is -0.480 e. The van der Waals surface area contributed by atoms with Gasteiger partial charge in [-0.3, -0.25) is 0 Å². The smallest absolute Gasteiger partial charge is 0.407 e. The Hall–Kier alpha value is -3.54. The van der Waals surface area contributed by atoms with Gasteiger partial charge in [0.05, 0.1) is 0 Å². The van der Waals surface area contributed by atoms with Crippen molar-refractivity contribution in [2.45, 2.75) is 18.4 Å². The second-order valence-electron chi connectivity index (χ2n) is 6.76. The van der Waals surface area contributed by atoms with Crippen molar-refractivity contribution in [2.75, 3.05) is 6.61 Å². The number of rotatable bonds is 6. The molecule has 1 aliphatic rings. The van der Waals surface area contributed by atoms with Crippen molar-refractivity contribution in [3.8, 4) is 11.1 Å². The summed E-state index contributed by atoms with van der Waals surface area (Å²) in [5.41, 5.74) is 5.23. The molecule has 3 aromatic rings. The molecular weight excluding hydrogens is 356 g/mol. The van der Waals surface area contributed by atoms with Gasteiger partial charge in [-0.2, -0.15) is 0 Å². The van der Waals surface area contributed by atoms with Gasteiger partial charge in [0.1, 0.15) is 12.6 Å². The molecule has 1 aliphatic carbocycles. The molecule has 1 atom stereocenters. The summed E-state index contributed by atoms with van der Waals surface area (Å²) in [6.45, 7) is 0.148. The van der Waals surface area contributed by atoms with Crippen LogP contribution in [0.15, 0.2) is 66.9 Å². The van der Waals surface area contributed by atoms with Gasteiger partial charge in [0.15, 0.2) is 0 Å². The molecule has 4 rings (SSSR count). The van der Waals surface area contributed by atoms with Crippen LogP contribution in [0.1, 0.15) is 22.7 Å². The molecule has 0 aliphatic heterocycles. The van der Waals surface area contributed by atoms with Crippen molar-refractivity contribution in [1.29, 1.82) is 0 Å². The van der Waals surface area contributed by atoms with Crippen LogP contribution in [-0.2, 0) is 16.0 Å². The number of hydrogen-bond acceptors (Lipinski definition) is 3. The first-order chi connectivity index (χ1) is 13.6. The molecule has 6 heteroatoms. The predicted octanol–water partition coefficient (Wildman–Crippen LogP) is 3.55. The molecule has 0 fully saturated rings. The van der Waals surface area contributed by atoms with Gasteiger partial charge in [0.25, 0.3) is 0 Å². The lowest BCUT2D eigenvalue weighted by atomic mass is 9.98. The van der Waals surface area contributed by atoms with Gasteiger partial charge in [-0.25, -0.2) is 9.59 Å². The Kier molecular flexibility index (Phi) is 4.85. The molecule has 0 spiro atoms. The maximum absolute atomic E-state index is 12.3. The number of carbonyl (C=O) groups excluding carboxylic acids is 1. The Bertz CT molecular complexity index is 952. The van der Waals surface area contributed by atoms with Crippen LogP contribution >= 0.6 is 0 Å². The van der Waals surface area contributed by atoms with E-state index in [9.17, 15) is 14.7 Å². The second kappa shape index (κ2) is 7.60. The van der Waals surface area contributed by atoms with Crippen LogP contribution in [0.3, 0.4) is 0 Å². The van der Waals surface area contributed by atoms with Gasteiger partial charge < -0.3 is 20.1 Å². The third-order valence-electron chi connectivity index (χ3n) is 5.02. The summed E-state index contributed by atoms with van der Waals surface area (Å²) in [6.07, 6.45) is 1.13. The zero-order chi connectivity index (χ0) is 19.5. The van der Waals surface area contributed by atoms with Crippen LogP contribution in [0.2, 0.25) is 0 Å². The molecule has 0 saturated carbocycles. The van der Waals surface area contributed by atoms with Crippen LogP contribution in [0, 0.1) is 0 Å². The molecule has 0 radical (unpaired) electrons. The topological polar surface area (TPSA) is 91.4 Å². The molecule has 1 amide bonds. The summed E-state index contributed by atoms with van der Waals surface area (Å²) in [4.78, 5) is 26.7. The lowest BCUT2D eigenvalue weighted by Crippen LogP contribution is -2.43. The standard InChI is InChI=1S/C22H20N2O4/c25-21(26)20(12-14-6-5-11-23-14)24-22(27)28-13-19-17-9-3-1-7-15(17)16-8-2-4-10-18(16)19/h1-11,19-20,23H,12-13H2,(H,24,27)(H,25,26). The van der Waals surface area contributed by atoms with Gasteiger partial charge in [0.2, 0.25) is 0 Å². The summed E-state index contributed by atoms with van der Waals surface area (Å²) in [6, 6.07) is 18.6. The fourth-order valence-electron chi connectivity index (χ4n) is 3.70. The van der Waals surface area contributed by atoms with Gasteiger partial charge >= 0.3 is 12.1 Å². The van der Waals surface area contributed by atoms with E-state index in [1.807, 2.05) is 36.4 Å². The molecule has 1 heterocycles. The molecule has 3 N–H and O–H groups in total. The number of carboxylic acid groups (broad SMARTS) is 1. The maximum atomic E-state index is 12.3. The zero-order valence-corrected chi connectivity index (χ0v) is 15.1. The normalized spacial score (nSPS) is 13.4. The van der Waals surface area contributed by atoms with Crippen LogP contribution in [0.5, 0.6) is 0 Å². The fourth-order valence-corrected chi connectivity index (χ4v) is 3.70. The highest BCUT2D eigenvalue weighted by Gasteiger charge is 2.29. The summed E-state index contributed by atoms with van der Waals surface area (Å²) in [7, 11) is 0. The Balaban J connectivity index is 1.44. The number of fused-ring (bicyclic) bond motifs is 3. The number of carbonyl (C=O) groups is 2. The Labute approximate surface area is 162 Å². The molecule has 0 bridgehead atoms. The lowest BCUT2D eigenvalue weighted by molar-refractivity contribution is -0.139. The van der Waals surface area contributed by atoms with Gasteiger partial charge in [0, 0.05) is 24.2 Å². The van der Waals surface area contributed by atoms with Crippen molar-refractivity contribution in [3.05, 3.63) is 83.7 Å². The van der Waals surface area contributed by atoms with E-state index in [4.69, 9.17) is 4.74 Å². The van der Waals surface area contributed by atoms with E-state index in [0.29, 0.717) is 0 Å². The predicted molar refractivity (Wildman–Crippen MR) is 104 cm³/mol. The molecule has 142 valence electrons. The van der Waals surface area contributed by atoms with Crippen LogP contribution in [-0.4, -0.2) is 34.8 Å². The highest BCUT2D eigenvalue weighted by Crippen LogP contribution is 2.44. The molecule has 6 nitrogen and oxygen atoms in total. The number of alkyl carbamates (subject to hydrolysis) is 1. The highest BCUT2D eigenvalue weighted by molar-refractivity contribution is 5.81. The third kappa shape index (κ3) is 3.49. The summed E-state index contributed by atoms with van der Waals surface area (Å²) in [5.74, 6) is -1.17. The number of aromatic amines is 1. The van der Waals surface area contributed by atoms with Gasteiger partial charge in [-0.15, -0.1) is 0 Å². The van der Waals surface area contributed by atoms with E-state index in [-0.39, 0.29) is 18.9 Å². The molecular formula is C22H20N2O4. The molecule has 0 saturated heterocycles. The summed E-state index contributed by atoms with van der Waals surface area (Å²) in [5, 5.41) is 11.8. The number of hydrogen-bond donors (Lipinski definition) is 3. The number of benzene rings is 2. The quantitative estimate of drug-likeness (QED) is 0.614. The first kappa shape index (κ1) is 17.9. The van der Waals surface area contributed by atoms with Crippen LogP contribution in [0.4, 0.5) is 4.79 Å². The van der Waals surface area contributed by atoms with E-state index < -0.39 is 18.1 Å². The van der Waals surface area contributed by atoms with E-state index in [0.717, 1.165) is 27.9 Å². The van der Waals surface area contributed by atoms with E-state index in [2.05, 4.69) is 22.4 Å². The van der Waals surface area contributed by atoms with Crippen LogP contribution in [0.25, 0.3) is 11.1 Å². The fraction of sp³-hybridized carbons (Fsp3) is 0.182. The summed E-state index contributed by atoms with van der Waals surface area (Å²) < 4.78 is 5.42. The largest absolute Gasteiger partial charge is 0.480 e. The maximum Gasteiger partial charge on any atom is 0.407 e. The highest BCUT2D eigenvalue weighted by atomic mass is 16.5. The van der Waals surface area contributed by atoms with Crippen molar-refractivity contribution < 1.29 is 19.4 Å². The number of aromatic nitrogens is 1. The SMILES string of the molecule is O=C(NC(Cc1ccc[nH]1)C(=O)O)OCC1c2ccccc2-c2ccccc21. The minimum atomic E-state index is -1.11. The number of ether oxygens (including phenoxy) is 1. The first-order valence-electron chi connectivity index (χ1n) is 9.10. The molecule has 28 heavy (non-hydrogen) atoms. The number of carboxylic acids is 1. The average molecular weight is 376 g/mol. The van der Waals surface area contributed by atoms with Crippen LogP contribution < -0.4 is 5.32 Å². The minimum absolute atomic E-state index is 0.0650. The number of nitrogens with one attached hydrogen (secondary N) is 2. The van der Waals surface area contributed by atoms with E-state index >= 15 is 0 Å². The van der Waals surface area contributed by atoms with Crippen molar-refractivity contribution in [3.63, 3.8) is 0 Å². The van der Waals surface area contributed by atoms with E-state index in [1.165, 1.54) is 0 Å². The number of H-pyrrole nitrogens is 1. The first-order valence-corrected chi connectivity index (χ1v) is 9.10. The lowest BCUT2D eigenvalue weighted by Gasteiger charge is -2.17. The van der Waals surface area contributed by atoms with Crippen molar-refractivity contribution >= 4 is 12.1 Å². The molecule has 1 unspecified atom stereocenters. The van der Waals surface area contributed by atoms with Gasteiger partial charge in [-0.1, -0.05) is 48.5 Å². The third-order valence-corrected chi connectivity index (χ3v) is 5.02. The van der Waals surface area contributed by atoms with Gasteiger partial charge in [-0.05, 0) is 34.4 Å². The molecule has 2 aromatic carbocycles. The summed E-state index contributed by atoms with van der Waals surface area (Å²) >= 11 is 0. The Morgan fingerprint density at radius 2 is 1.64 bits per heavy atom. The Morgan fingerprint density at radius 3 is 2.21 bits per heavy atom. The second-order valence-corrected chi connectivity index (χ2v) is 6.76. The monoisotopic (exact) mass is 376 g/mol. The Morgan fingerprint density at radius 1 is 1.00 bits per heavy atom. The zero-order valence-electron chi connectivity index (χ0n) is 15.1. The van der Waals surface area contributed by atoms with Crippen molar-refractivity contribution in [1.82, 2.24) is 10.3 Å². The van der Waals surface area contributed by atoms with E-state index in [1.54, 1.807) is 18.3 Å².